The fraction of sp³-hybridized carbons (Fsp3) is 0.571. The van der Waals surface area contributed by atoms with Crippen LogP contribution in [0.1, 0.15) is 25.3 Å². The van der Waals surface area contributed by atoms with Crippen molar-refractivity contribution in [3.05, 3.63) is 34.1 Å². The number of benzene rings is 1. The summed E-state index contributed by atoms with van der Waals surface area (Å²) in [5.74, 6) is -0.212. The smallest absolute Gasteiger partial charge is 0.137 e. The van der Waals surface area contributed by atoms with Crippen molar-refractivity contribution in [3.63, 3.8) is 0 Å². The number of likely N-dealkylation sites (N-methyl/N-ethyl adjacent to an activating group) is 1. The van der Waals surface area contributed by atoms with Crippen molar-refractivity contribution in [1.29, 1.82) is 0 Å². The topological polar surface area (TPSA) is 21.3 Å². The third-order valence-corrected chi connectivity index (χ3v) is 3.93. The third-order valence-electron chi connectivity index (χ3n) is 3.32. The summed E-state index contributed by atoms with van der Waals surface area (Å²) in [6.45, 7) is 3.88. The summed E-state index contributed by atoms with van der Waals surface area (Å²) in [4.78, 5) is 0. The summed E-state index contributed by atoms with van der Waals surface area (Å²) in [7, 11) is 0. The molecule has 18 heavy (non-hydrogen) atoms. The maximum Gasteiger partial charge on any atom is 0.137 e. The first-order chi connectivity index (χ1) is 8.70. The summed E-state index contributed by atoms with van der Waals surface area (Å²) >= 11 is 3.23. The average Bonchev–Trinajstić information content (AvgIpc) is 2.87. The molecule has 1 aromatic rings. The van der Waals surface area contributed by atoms with E-state index in [1.807, 2.05) is 12.1 Å². The fourth-order valence-corrected chi connectivity index (χ4v) is 2.86. The van der Waals surface area contributed by atoms with E-state index in [-0.39, 0.29) is 11.9 Å². The van der Waals surface area contributed by atoms with Crippen LogP contribution in [0.4, 0.5) is 4.39 Å². The van der Waals surface area contributed by atoms with Crippen molar-refractivity contribution in [2.45, 2.75) is 38.3 Å². The van der Waals surface area contributed by atoms with Gasteiger partial charge in [-0.15, -0.1) is 0 Å². The van der Waals surface area contributed by atoms with Gasteiger partial charge in [-0.1, -0.05) is 13.0 Å². The number of nitrogens with one attached hydrogen (secondary N) is 1. The predicted molar refractivity (Wildman–Crippen MR) is 74.2 cm³/mol. The van der Waals surface area contributed by atoms with Gasteiger partial charge in [0.2, 0.25) is 0 Å². The Balaban J connectivity index is 2.04. The maximum absolute atomic E-state index is 13.2. The molecule has 100 valence electrons. The second-order valence-electron chi connectivity index (χ2n) is 4.67. The quantitative estimate of drug-likeness (QED) is 0.900. The summed E-state index contributed by atoms with van der Waals surface area (Å²) < 4.78 is 19.5. The number of ether oxygens (including phenoxy) is 1. The van der Waals surface area contributed by atoms with Crippen LogP contribution in [0, 0.1) is 5.82 Å². The molecule has 1 aliphatic rings. The van der Waals surface area contributed by atoms with Crippen LogP contribution >= 0.6 is 15.9 Å². The van der Waals surface area contributed by atoms with Crippen LogP contribution in [0.5, 0.6) is 0 Å². The second kappa shape index (κ2) is 6.64. The Bertz CT molecular complexity index is 393. The van der Waals surface area contributed by atoms with Crippen molar-refractivity contribution in [2.75, 3.05) is 13.2 Å². The van der Waals surface area contributed by atoms with Crippen LogP contribution in [0.2, 0.25) is 0 Å². The monoisotopic (exact) mass is 315 g/mol. The van der Waals surface area contributed by atoms with Gasteiger partial charge in [-0.2, -0.15) is 0 Å². The largest absolute Gasteiger partial charge is 0.377 e. The van der Waals surface area contributed by atoms with Crippen molar-refractivity contribution < 1.29 is 9.13 Å². The van der Waals surface area contributed by atoms with Gasteiger partial charge in [-0.05, 0) is 59.4 Å². The average molecular weight is 316 g/mol. The highest BCUT2D eigenvalue weighted by molar-refractivity contribution is 9.10. The van der Waals surface area contributed by atoms with E-state index in [0.29, 0.717) is 10.5 Å². The van der Waals surface area contributed by atoms with E-state index in [4.69, 9.17) is 4.74 Å². The number of hydrogen-bond donors (Lipinski definition) is 1. The minimum Gasteiger partial charge on any atom is -0.377 e. The van der Waals surface area contributed by atoms with E-state index in [1.165, 1.54) is 6.07 Å². The van der Waals surface area contributed by atoms with Gasteiger partial charge < -0.3 is 10.1 Å². The molecule has 0 radical (unpaired) electrons. The molecule has 1 N–H and O–H groups in total. The first-order valence-electron chi connectivity index (χ1n) is 6.49. The Kier molecular flexibility index (Phi) is 5.15. The van der Waals surface area contributed by atoms with Gasteiger partial charge in [-0.25, -0.2) is 4.39 Å². The van der Waals surface area contributed by atoms with Crippen molar-refractivity contribution >= 4 is 15.9 Å². The molecular weight excluding hydrogens is 297 g/mol. The van der Waals surface area contributed by atoms with E-state index in [9.17, 15) is 4.39 Å². The molecule has 0 saturated carbocycles. The van der Waals surface area contributed by atoms with E-state index >= 15 is 0 Å². The normalized spacial score (nSPS) is 21.2. The van der Waals surface area contributed by atoms with Crippen molar-refractivity contribution in [1.82, 2.24) is 5.32 Å². The van der Waals surface area contributed by atoms with Gasteiger partial charge in [0.25, 0.3) is 0 Å². The van der Waals surface area contributed by atoms with E-state index in [2.05, 4.69) is 28.2 Å². The molecule has 0 aliphatic carbocycles. The molecule has 0 bridgehead atoms. The Labute approximate surface area is 116 Å². The molecular formula is C14H19BrFNO. The zero-order valence-corrected chi connectivity index (χ0v) is 12.2. The zero-order chi connectivity index (χ0) is 13.0. The van der Waals surface area contributed by atoms with E-state index in [0.717, 1.165) is 38.0 Å². The fourth-order valence-electron chi connectivity index (χ4n) is 2.44. The molecule has 0 amide bonds. The highest BCUT2D eigenvalue weighted by atomic mass is 79.9. The standard InChI is InChI=1S/C14H19BrFNO/c1-2-17-13(14-4-3-7-18-14)9-10-5-6-12(16)11(15)8-10/h5-6,8,13-14,17H,2-4,7,9H2,1H3. The van der Waals surface area contributed by atoms with E-state index in [1.54, 1.807) is 0 Å². The molecule has 2 unspecified atom stereocenters. The summed E-state index contributed by atoms with van der Waals surface area (Å²) in [5, 5.41) is 3.47. The zero-order valence-electron chi connectivity index (χ0n) is 10.6. The van der Waals surface area contributed by atoms with Gasteiger partial charge in [0.15, 0.2) is 0 Å². The Morgan fingerprint density at radius 3 is 3.00 bits per heavy atom. The van der Waals surface area contributed by atoms with Crippen LogP contribution in [0.3, 0.4) is 0 Å². The minimum absolute atomic E-state index is 0.212. The highest BCUT2D eigenvalue weighted by Crippen LogP contribution is 2.21. The van der Waals surface area contributed by atoms with Crippen LogP contribution in [0.15, 0.2) is 22.7 Å². The molecule has 1 aliphatic heterocycles. The lowest BCUT2D eigenvalue weighted by atomic mass is 9.99. The second-order valence-corrected chi connectivity index (χ2v) is 5.52. The van der Waals surface area contributed by atoms with Crippen LogP contribution in [0.25, 0.3) is 0 Å². The number of halogens is 2. The molecule has 2 atom stereocenters. The molecule has 1 fully saturated rings. The summed E-state index contributed by atoms with van der Waals surface area (Å²) in [5.41, 5.74) is 1.13. The van der Waals surface area contributed by atoms with E-state index < -0.39 is 0 Å². The van der Waals surface area contributed by atoms with Crippen molar-refractivity contribution in [2.24, 2.45) is 0 Å². The summed E-state index contributed by atoms with van der Waals surface area (Å²) in [6.07, 6.45) is 3.41. The molecule has 4 heteroatoms. The van der Waals surface area contributed by atoms with Gasteiger partial charge in [0, 0.05) is 12.6 Å². The lowest BCUT2D eigenvalue weighted by Gasteiger charge is -2.24. The van der Waals surface area contributed by atoms with Crippen LogP contribution in [-0.4, -0.2) is 25.3 Å². The molecule has 0 aromatic heterocycles. The molecule has 1 heterocycles. The lowest BCUT2D eigenvalue weighted by molar-refractivity contribution is 0.0789. The predicted octanol–water partition coefficient (Wildman–Crippen LogP) is 3.29. The highest BCUT2D eigenvalue weighted by Gasteiger charge is 2.25. The third kappa shape index (κ3) is 3.53. The van der Waals surface area contributed by atoms with Gasteiger partial charge in [0.05, 0.1) is 10.6 Å². The number of rotatable bonds is 5. The molecule has 1 aromatic carbocycles. The van der Waals surface area contributed by atoms with Gasteiger partial charge in [-0.3, -0.25) is 0 Å². The minimum atomic E-state index is -0.212. The Morgan fingerprint density at radius 1 is 1.56 bits per heavy atom. The Hall–Kier alpha value is -0.450. The van der Waals surface area contributed by atoms with Gasteiger partial charge in [0.1, 0.15) is 5.82 Å². The molecule has 2 nitrogen and oxygen atoms in total. The maximum atomic E-state index is 13.2. The first kappa shape index (κ1) is 14.0. The SMILES string of the molecule is CCNC(Cc1ccc(F)c(Br)c1)C1CCCO1. The van der Waals surface area contributed by atoms with Crippen molar-refractivity contribution in [3.8, 4) is 0 Å². The van der Waals surface area contributed by atoms with Crippen LogP contribution < -0.4 is 5.32 Å². The lowest BCUT2D eigenvalue weighted by Crippen LogP contribution is -2.41. The number of hydrogen-bond acceptors (Lipinski definition) is 2. The Morgan fingerprint density at radius 2 is 2.39 bits per heavy atom. The first-order valence-corrected chi connectivity index (χ1v) is 7.29. The molecule has 0 spiro atoms. The summed E-state index contributed by atoms with van der Waals surface area (Å²) in [6, 6.07) is 5.53. The van der Waals surface area contributed by atoms with Crippen LogP contribution in [-0.2, 0) is 11.2 Å². The molecule has 1 saturated heterocycles. The van der Waals surface area contributed by atoms with Gasteiger partial charge >= 0.3 is 0 Å². The molecule has 2 rings (SSSR count).